The van der Waals surface area contributed by atoms with Crippen molar-refractivity contribution in [2.24, 2.45) is 5.92 Å². The topological polar surface area (TPSA) is 113 Å². The zero-order valence-corrected chi connectivity index (χ0v) is 20.2. The second kappa shape index (κ2) is 8.99. The van der Waals surface area contributed by atoms with E-state index in [9.17, 15) is 14.4 Å². The monoisotopic (exact) mass is 460 g/mol. The number of imide groups is 1. The van der Waals surface area contributed by atoms with Crippen LogP contribution in [0.15, 0.2) is 18.6 Å². The molecule has 0 N–H and O–H groups in total. The van der Waals surface area contributed by atoms with Gasteiger partial charge in [-0.05, 0) is 66.9 Å². The number of methoxy groups -OCH3 is 1. The summed E-state index contributed by atoms with van der Waals surface area (Å²) in [6.07, 6.45) is 3.46. The molecule has 180 valence electrons. The van der Waals surface area contributed by atoms with Gasteiger partial charge in [0.2, 0.25) is 0 Å². The van der Waals surface area contributed by atoms with Crippen LogP contribution in [0.4, 0.5) is 15.4 Å². The van der Waals surface area contributed by atoms with Gasteiger partial charge in [-0.15, -0.1) is 0 Å². The van der Waals surface area contributed by atoms with Crippen LogP contribution in [0.5, 0.6) is 0 Å². The summed E-state index contributed by atoms with van der Waals surface area (Å²) < 4.78 is 17.8. The summed E-state index contributed by atoms with van der Waals surface area (Å²) in [5.74, 6) is -0.311. The molecule has 2 aromatic rings. The number of fused-ring (bicyclic) bond motifs is 1. The smallest absolute Gasteiger partial charge is 0.425 e. The molecular formula is C23H32N4O6. The molecule has 3 rings (SSSR count). The normalized spacial score (nSPS) is 18.8. The van der Waals surface area contributed by atoms with Gasteiger partial charge in [0, 0.05) is 12.2 Å². The summed E-state index contributed by atoms with van der Waals surface area (Å²) in [4.78, 5) is 47.4. The van der Waals surface area contributed by atoms with Crippen LogP contribution in [-0.2, 0) is 19.0 Å². The number of amides is 2. The van der Waals surface area contributed by atoms with E-state index in [-0.39, 0.29) is 23.7 Å². The van der Waals surface area contributed by atoms with E-state index in [0.29, 0.717) is 17.5 Å². The number of carbonyl (C=O) groups excluding carboxylic acids is 3. The maximum Gasteiger partial charge on any atom is 0.425 e. The lowest BCUT2D eigenvalue weighted by atomic mass is 10.1. The predicted molar refractivity (Wildman–Crippen MR) is 121 cm³/mol. The number of esters is 1. The minimum absolute atomic E-state index is 0.0332. The minimum Gasteiger partial charge on any atom is -0.469 e. The van der Waals surface area contributed by atoms with Gasteiger partial charge in [-0.2, -0.15) is 4.90 Å². The van der Waals surface area contributed by atoms with E-state index >= 15 is 0 Å². The number of anilines is 1. The van der Waals surface area contributed by atoms with Crippen LogP contribution in [0.2, 0.25) is 0 Å². The van der Waals surface area contributed by atoms with Gasteiger partial charge in [0.15, 0.2) is 5.82 Å². The fourth-order valence-corrected chi connectivity index (χ4v) is 3.88. The van der Waals surface area contributed by atoms with Crippen molar-refractivity contribution in [3.05, 3.63) is 18.6 Å². The van der Waals surface area contributed by atoms with Crippen LogP contribution in [-0.4, -0.2) is 51.0 Å². The van der Waals surface area contributed by atoms with Gasteiger partial charge in [0.1, 0.15) is 23.2 Å². The molecule has 0 aromatic carbocycles. The zero-order chi connectivity index (χ0) is 24.6. The highest BCUT2D eigenvalue weighted by molar-refractivity contribution is 6.13. The summed E-state index contributed by atoms with van der Waals surface area (Å²) in [6.45, 7) is 10.3. The maximum absolute atomic E-state index is 13.0. The van der Waals surface area contributed by atoms with E-state index in [1.54, 1.807) is 47.6 Å². The minimum atomic E-state index is -0.892. The molecule has 0 aliphatic heterocycles. The van der Waals surface area contributed by atoms with Gasteiger partial charge >= 0.3 is 18.2 Å². The first-order valence-electron chi connectivity index (χ1n) is 11.0. The summed E-state index contributed by atoms with van der Waals surface area (Å²) in [5.41, 5.74) is -1.11. The van der Waals surface area contributed by atoms with Crippen molar-refractivity contribution in [3.8, 4) is 0 Å². The molecule has 10 nitrogen and oxygen atoms in total. The first-order valence-corrected chi connectivity index (χ1v) is 11.0. The third-order valence-corrected chi connectivity index (χ3v) is 5.19. The number of hydrogen-bond acceptors (Lipinski definition) is 8. The molecule has 0 saturated heterocycles. The number of aromatic nitrogens is 3. The van der Waals surface area contributed by atoms with Gasteiger partial charge < -0.3 is 18.8 Å². The van der Waals surface area contributed by atoms with E-state index in [2.05, 4.69) is 9.97 Å². The molecule has 2 amide bonds. The van der Waals surface area contributed by atoms with Crippen LogP contribution in [0.1, 0.15) is 66.8 Å². The van der Waals surface area contributed by atoms with Crippen LogP contribution in [0.25, 0.3) is 11.0 Å². The third kappa shape index (κ3) is 5.61. The molecule has 2 heterocycles. The predicted octanol–water partition coefficient (Wildman–Crippen LogP) is 4.62. The average Bonchev–Trinajstić information content (AvgIpc) is 3.32. The molecule has 0 bridgehead atoms. The Balaban J connectivity index is 2.01. The fourth-order valence-electron chi connectivity index (χ4n) is 3.88. The first-order chi connectivity index (χ1) is 15.3. The summed E-state index contributed by atoms with van der Waals surface area (Å²) in [5, 5.41) is 0.496. The second-order valence-electron chi connectivity index (χ2n) is 10.1. The van der Waals surface area contributed by atoms with Gasteiger partial charge in [-0.25, -0.2) is 19.6 Å². The van der Waals surface area contributed by atoms with Crippen LogP contribution < -0.4 is 4.90 Å². The Morgan fingerprint density at radius 3 is 2.15 bits per heavy atom. The van der Waals surface area contributed by atoms with E-state index < -0.39 is 23.4 Å². The summed E-state index contributed by atoms with van der Waals surface area (Å²) in [7, 11) is 1.39. The Hall–Kier alpha value is -3.17. The quantitative estimate of drug-likeness (QED) is 0.481. The number of hydrogen-bond donors (Lipinski definition) is 0. The van der Waals surface area contributed by atoms with Crippen molar-refractivity contribution in [3.63, 3.8) is 0 Å². The van der Waals surface area contributed by atoms with Crippen molar-refractivity contribution in [2.45, 2.75) is 78.0 Å². The van der Waals surface area contributed by atoms with Gasteiger partial charge in [-0.3, -0.25) is 4.79 Å². The molecule has 1 fully saturated rings. The highest BCUT2D eigenvalue weighted by atomic mass is 16.6. The van der Waals surface area contributed by atoms with Gasteiger partial charge in [0.05, 0.1) is 18.4 Å². The van der Waals surface area contributed by atoms with Crippen molar-refractivity contribution in [2.75, 3.05) is 12.0 Å². The van der Waals surface area contributed by atoms with E-state index in [4.69, 9.17) is 14.2 Å². The molecule has 10 heteroatoms. The van der Waals surface area contributed by atoms with Gasteiger partial charge in [0.25, 0.3) is 0 Å². The Kier molecular flexibility index (Phi) is 6.67. The molecule has 1 saturated carbocycles. The summed E-state index contributed by atoms with van der Waals surface area (Å²) >= 11 is 0. The Morgan fingerprint density at radius 1 is 1.00 bits per heavy atom. The SMILES string of the molecule is COC(=O)[C@@H]1CC[C@@H](n2ccc3c(N(C(=O)OC(C)(C)C)C(=O)OC(C)(C)C)ncnc32)C1. The molecule has 2 atom stereocenters. The second-order valence-corrected chi connectivity index (χ2v) is 10.1. The lowest BCUT2D eigenvalue weighted by Gasteiger charge is -2.28. The summed E-state index contributed by atoms with van der Waals surface area (Å²) in [6, 6.07) is 1.78. The van der Waals surface area contributed by atoms with Crippen LogP contribution in [0, 0.1) is 5.92 Å². The Morgan fingerprint density at radius 2 is 1.61 bits per heavy atom. The number of ether oxygens (including phenoxy) is 3. The molecule has 1 aliphatic rings. The lowest BCUT2D eigenvalue weighted by molar-refractivity contribution is -0.145. The van der Waals surface area contributed by atoms with Crippen LogP contribution in [0.3, 0.4) is 0 Å². The highest BCUT2D eigenvalue weighted by Gasteiger charge is 2.36. The highest BCUT2D eigenvalue weighted by Crippen LogP contribution is 2.38. The fraction of sp³-hybridized carbons (Fsp3) is 0.609. The third-order valence-electron chi connectivity index (χ3n) is 5.19. The van der Waals surface area contributed by atoms with Crippen molar-refractivity contribution in [1.29, 1.82) is 0 Å². The molecule has 0 radical (unpaired) electrons. The van der Waals surface area contributed by atoms with Crippen molar-refractivity contribution in [1.82, 2.24) is 14.5 Å². The largest absolute Gasteiger partial charge is 0.469 e. The first kappa shape index (κ1) is 24.5. The van der Waals surface area contributed by atoms with Crippen molar-refractivity contribution < 1.29 is 28.6 Å². The zero-order valence-electron chi connectivity index (χ0n) is 20.2. The Bertz CT molecular complexity index is 1020. The number of rotatable bonds is 3. The number of carbonyl (C=O) groups is 3. The average molecular weight is 461 g/mol. The van der Waals surface area contributed by atoms with Crippen molar-refractivity contribution >= 4 is 35.0 Å². The van der Waals surface area contributed by atoms with E-state index in [1.807, 2.05) is 10.8 Å². The molecule has 0 spiro atoms. The molecule has 33 heavy (non-hydrogen) atoms. The molecule has 2 aromatic heterocycles. The van der Waals surface area contributed by atoms with Gasteiger partial charge in [-0.1, -0.05) is 0 Å². The molecule has 0 unspecified atom stereocenters. The van der Waals surface area contributed by atoms with E-state index in [0.717, 1.165) is 17.7 Å². The van der Waals surface area contributed by atoms with Crippen LogP contribution >= 0.6 is 0 Å². The van der Waals surface area contributed by atoms with E-state index in [1.165, 1.54) is 13.4 Å². The molecular weight excluding hydrogens is 428 g/mol. The maximum atomic E-state index is 13.0. The Labute approximate surface area is 193 Å². The lowest BCUT2D eigenvalue weighted by Crippen LogP contribution is -2.44. The standard InChI is InChI=1S/C23H32N4O6/c1-22(2,3)32-20(29)27(21(30)33-23(4,5)6)18-16-10-11-26(17(16)24-13-25-18)15-9-8-14(12-15)19(28)31-7/h10-11,13-15H,8-9,12H2,1-7H3/t14-,15-/m1/s1. The molecule has 1 aliphatic carbocycles. The number of nitrogens with zero attached hydrogens (tertiary/aromatic N) is 4.